The van der Waals surface area contributed by atoms with Crippen molar-refractivity contribution in [3.63, 3.8) is 0 Å². The number of benzene rings is 7. The largest absolute Gasteiger partial charge is 0.490 e. The maximum atomic E-state index is 6.65. The summed E-state index contributed by atoms with van der Waals surface area (Å²) in [5, 5.41) is 0. The van der Waals surface area contributed by atoms with Gasteiger partial charge in [-0.05, 0) is 185 Å². The molecule has 0 radical (unpaired) electrons. The number of rotatable bonds is 14. The number of ether oxygens (including phenoxy) is 1. The van der Waals surface area contributed by atoms with Crippen molar-refractivity contribution >= 4 is 51.7 Å². The Hall–Kier alpha value is -8.14. The Kier molecular flexibility index (Phi) is 13.5. The molecule has 0 bridgehead atoms. The van der Waals surface area contributed by atoms with E-state index < -0.39 is 5.41 Å². The Balaban J connectivity index is 0.903. The minimum absolute atomic E-state index is 0.123. The molecule has 78 heavy (non-hydrogen) atoms. The van der Waals surface area contributed by atoms with Gasteiger partial charge in [-0.25, -0.2) is 0 Å². The van der Waals surface area contributed by atoms with E-state index in [1.165, 1.54) is 72.7 Å². The molecule has 7 unspecified atom stereocenters. The fourth-order valence-corrected chi connectivity index (χ4v) is 14.0. The normalized spacial score (nSPS) is 23.0. The number of fused-ring (bicyclic) bond motifs is 5. The Morgan fingerprint density at radius 3 is 1.65 bits per heavy atom. The van der Waals surface area contributed by atoms with E-state index in [1.54, 1.807) is 0 Å². The van der Waals surface area contributed by atoms with Crippen molar-refractivity contribution in [2.75, 3.05) is 9.80 Å². The molecule has 6 aliphatic carbocycles. The van der Waals surface area contributed by atoms with E-state index in [2.05, 4.69) is 285 Å². The zero-order valence-corrected chi connectivity index (χ0v) is 45.3. The van der Waals surface area contributed by atoms with Crippen LogP contribution in [0.3, 0.4) is 0 Å². The van der Waals surface area contributed by atoms with Crippen molar-refractivity contribution in [3.8, 4) is 5.75 Å². The van der Waals surface area contributed by atoms with Gasteiger partial charge in [-0.15, -0.1) is 0 Å². The van der Waals surface area contributed by atoms with Crippen LogP contribution in [-0.2, 0) is 18.3 Å². The first-order valence-corrected chi connectivity index (χ1v) is 28.8. The van der Waals surface area contributed by atoms with Gasteiger partial charge in [-0.2, -0.15) is 0 Å². The van der Waals surface area contributed by atoms with Crippen molar-refractivity contribution in [2.45, 2.75) is 76.9 Å². The summed E-state index contributed by atoms with van der Waals surface area (Å²) in [5.74, 6) is 2.27. The molecule has 3 nitrogen and oxygen atoms in total. The molecule has 0 saturated heterocycles. The van der Waals surface area contributed by atoms with E-state index in [4.69, 9.17) is 4.74 Å². The first-order chi connectivity index (χ1) is 38.5. The van der Waals surface area contributed by atoms with Gasteiger partial charge in [0.05, 0.1) is 12.1 Å². The van der Waals surface area contributed by atoms with E-state index in [1.807, 2.05) is 0 Å². The second-order valence-electron chi connectivity index (χ2n) is 22.5. The van der Waals surface area contributed by atoms with Gasteiger partial charge in [0.2, 0.25) is 0 Å². The average Bonchev–Trinajstić information content (AvgIpc) is 4.04. The molecule has 0 aliphatic heterocycles. The summed E-state index contributed by atoms with van der Waals surface area (Å²) in [6.07, 6.45) is 39.9. The lowest BCUT2D eigenvalue weighted by atomic mass is 9.60. The van der Waals surface area contributed by atoms with Crippen LogP contribution < -0.4 is 14.5 Å². The molecule has 0 N–H and O–H groups in total. The van der Waals surface area contributed by atoms with Crippen molar-refractivity contribution in [1.29, 1.82) is 0 Å². The highest BCUT2D eigenvalue weighted by molar-refractivity contribution is 5.85. The minimum Gasteiger partial charge on any atom is -0.490 e. The maximum absolute atomic E-state index is 6.65. The van der Waals surface area contributed by atoms with Crippen LogP contribution in [0.1, 0.15) is 91.0 Å². The molecule has 386 valence electrons. The Bertz CT molecular complexity index is 3550. The van der Waals surface area contributed by atoms with E-state index in [0.29, 0.717) is 5.92 Å². The van der Waals surface area contributed by atoms with Crippen LogP contribution >= 0.6 is 0 Å². The highest BCUT2D eigenvalue weighted by atomic mass is 16.5. The third kappa shape index (κ3) is 8.97. The lowest BCUT2D eigenvalue weighted by molar-refractivity contribution is 0.158. The van der Waals surface area contributed by atoms with Crippen molar-refractivity contribution in [2.24, 2.45) is 29.6 Å². The molecular weight excluding hydrogens is 945 g/mol. The zero-order chi connectivity index (χ0) is 52.6. The predicted molar refractivity (Wildman–Crippen MR) is 329 cm³/mol. The average molecular weight is 1020 g/mol. The zero-order valence-electron chi connectivity index (χ0n) is 45.3. The maximum Gasteiger partial charge on any atom is 0.119 e. The Morgan fingerprint density at radius 2 is 1.06 bits per heavy atom. The van der Waals surface area contributed by atoms with Crippen LogP contribution in [0, 0.1) is 29.6 Å². The second kappa shape index (κ2) is 21.4. The molecule has 7 aromatic carbocycles. The van der Waals surface area contributed by atoms with Gasteiger partial charge in [-0.1, -0.05) is 215 Å². The molecule has 1 saturated carbocycles. The SMILES string of the molecule is CC[C@@H](C)C(C)Oc1ccc(C2(c3ccccc3)C3C=C(c4ccc(N(c5ccccc5)c5cccc6c5CCC=C6)cc4)C=CC3C3C=CC(c4ccc(N(c5cccc6c5CCC=C6)C5C=CC=CC5)cc4)=CC32)cc1. The van der Waals surface area contributed by atoms with Crippen molar-refractivity contribution in [1.82, 2.24) is 0 Å². The van der Waals surface area contributed by atoms with Gasteiger partial charge >= 0.3 is 0 Å². The summed E-state index contributed by atoms with van der Waals surface area (Å²) in [7, 11) is 0. The highest BCUT2D eigenvalue weighted by Gasteiger charge is 2.60. The molecule has 7 aromatic rings. The van der Waals surface area contributed by atoms with Crippen molar-refractivity contribution < 1.29 is 4.74 Å². The van der Waals surface area contributed by atoms with E-state index in [-0.39, 0.29) is 35.8 Å². The standard InChI is InChI=1S/C75H70N2O/c1-4-52(2)53(3)78-66-46-40-61(41-47-66)75(60-24-8-5-9-25-60)71-50-58(54-34-42-64(43-35-54)76(62-26-10-6-11-27-62)73-32-18-22-56-20-14-16-30-67(56)73)38-48-69(71)70-49-39-59(51-72(70)75)55-36-44-65(45-37-55)77(63-28-12-7-13-29-63)74-33-19-23-57-21-15-17-31-68(57)74/h5-15,18-28,32-53,63,69-72H,4,16-17,29-31H2,1-3H3/t52-,53?,63?,69?,70?,71?,72?,75?/m1/s1. The molecule has 6 aliphatic rings. The smallest absolute Gasteiger partial charge is 0.119 e. The number of allylic oxidation sites excluding steroid dienone is 12. The topological polar surface area (TPSA) is 15.7 Å². The summed E-state index contributed by atoms with van der Waals surface area (Å²) in [6.45, 7) is 6.74. The van der Waals surface area contributed by atoms with Crippen LogP contribution in [0.15, 0.2) is 243 Å². The fraction of sp³-hybridized carbons (Fsp3) is 0.227. The number of nitrogens with zero attached hydrogens (tertiary/aromatic N) is 2. The quantitative estimate of drug-likeness (QED) is 0.108. The highest BCUT2D eigenvalue weighted by Crippen LogP contribution is 2.64. The second-order valence-corrected chi connectivity index (χ2v) is 22.5. The summed E-state index contributed by atoms with van der Waals surface area (Å²) in [6, 6.07) is 64.2. The number of para-hydroxylation sites is 1. The molecular formula is C75H70N2O. The summed E-state index contributed by atoms with van der Waals surface area (Å²) < 4.78 is 6.65. The monoisotopic (exact) mass is 1010 g/mol. The number of hydrogen-bond acceptors (Lipinski definition) is 3. The third-order valence-corrected chi connectivity index (χ3v) is 18.2. The van der Waals surface area contributed by atoms with E-state index in [9.17, 15) is 0 Å². The van der Waals surface area contributed by atoms with E-state index in [0.717, 1.165) is 55.6 Å². The lowest BCUT2D eigenvalue weighted by Gasteiger charge is -2.42. The summed E-state index contributed by atoms with van der Waals surface area (Å²) in [4.78, 5) is 5.03. The van der Waals surface area contributed by atoms with Crippen LogP contribution in [0.25, 0.3) is 23.3 Å². The van der Waals surface area contributed by atoms with Gasteiger partial charge in [0.15, 0.2) is 0 Å². The number of hydrogen-bond donors (Lipinski definition) is 0. The molecule has 0 heterocycles. The van der Waals surface area contributed by atoms with Crippen molar-refractivity contribution in [3.05, 3.63) is 287 Å². The number of anilines is 5. The van der Waals surface area contributed by atoms with Gasteiger partial charge in [0.25, 0.3) is 0 Å². The third-order valence-electron chi connectivity index (χ3n) is 18.2. The van der Waals surface area contributed by atoms with Gasteiger partial charge in [0, 0.05) is 33.9 Å². The Labute approximate surface area is 463 Å². The predicted octanol–water partition coefficient (Wildman–Crippen LogP) is 19.0. The van der Waals surface area contributed by atoms with Gasteiger partial charge in [0.1, 0.15) is 5.75 Å². The van der Waals surface area contributed by atoms with Crippen LogP contribution in [0.2, 0.25) is 0 Å². The molecule has 8 atom stereocenters. The molecule has 0 spiro atoms. The molecule has 0 amide bonds. The van der Waals surface area contributed by atoms with Crippen LogP contribution in [0.4, 0.5) is 28.4 Å². The first-order valence-electron chi connectivity index (χ1n) is 28.8. The van der Waals surface area contributed by atoms with Crippen LogP contribution in [0.5, 0.6) is 5.75 Å². The molecule has 1 fully saturated rings. The summed E-state index contributed by atoms with van der Waals surface area (Å²) >= 11 is 0. The van der Waals surface area contributed by atoms with Gasteiger partial charge < -0.3 is 14.5 Å². The van der Waals surface area contributed by atoms with Gasteiger partial charge in [-0.3, -0.25) is 0 Å². The summed E-state index contributed by atoms with van der Waals surface area (Å²) in [5.41, 5.74) is 18.9. The minimum atomic E-state index is -0.396. The molecule has 13 rings (SSSR count). The molecule has 0 aromatic heterocycles. The molecule has 3 heteroatoms. The fourth-order valence-electron chi connectivity index (χ4n) is 14.0. The lowest BCUT2D eigenvalue weighted by Crippen LogP contribution is -2.39. The first kappa shape index (κ1) is 49.4. The Morgan fingerprint density at radius 1 is 0.513 bits per heavy atom. The van der Waals surface area contributed by atoms with Crippen LogP contribution in [-0.4, -0.2) is 12.1 Å². The van der Waals surface area contributed by atoms with E-state index >= 15 is 0 Å².